The predicted octanol–water partition coefficient (Wildman–Crippen LogP) is 7.30. The van der Waals surface area contributed by atoms with Gasteiger partial charge in [0.25, 0.3) is 0 Å². The molecule has 0 radical (unpaired) electrons. The van der Waals surface area contributed by atoms with E-state index in [1.54, 1.807) is 31.2 Å². The number of carbonyl (C=O) groups excluding carboxylic acids is 1. The standard InChI is InChI=1S/C30H36Cl2F4N2O3S/c1-5-38(42(4,40)41)23-12-15-37(16-13-23)17-14-29(3,22-9-11-25(31)26(32)19-22)28(39)20(2)6-7-21-8-10-24(27(33)18-21)30(34,35)36/h6,8-11,18-19,23H,5,7,12-17H2,1-4H3/b20-6+. The lowest BCUT2D eigenvalue weighted by Crippen LogP contribution is -2.48. The van der Waals surface area contributed by atoms with Crippen molar-refractivity contribution in [3.05, 3.63) is 80.6 Å². The highest BCUT2D eigenvalue weighted by molar-refractivity contribution is 7.88. The van der Waals surface area contributed by atoms with Crippen molar-refractivity contribution in [2.45, 2.75) is 64.1 Å². The van der Waals surface area contributed by atoms with Gasteiger partial charge in [-0.2, -0.15) is 17.5 Å². The van der Waals surface area contributed by atoms with Crippen LogP contribution in [0.2, 0.25) is 10.0 Å². The van der Waals surface area contributed by atoms with Crippen LogP contribution in [0.5, 0.6) is 0 Å². The number of hydrogen-bond acceptors (Lipinski definition) is 4. The molecule has 0 saturated carbocycles. The molecule has 5 nitrogen and oxygen atoms in total. The Hall–Kier alpha value is -1.98. The van der Waals surface area contributed by atoms with E-state index in [4.69, 9.17) is 23.2 Å². The summed E-state index contributed by atoms with van der Waals surface area (Å²) in [5, 5.41) is 0.650. The summed E-state index contributed by atoms with van der Waals surface area (Å²) in [6.07, 6.45) is -0.104. The highest BCUT2D eigenvalue weighted by atomic mass is 35.5. The first-order chi connectivity index (χ1) is 19.5. The summed E-state index contributed by atoms with van der Waals surface area (Å²) in [5.41, 5.74) is -0.993. The third kappa shape index (κ3) is 8.34. The van der Waals surface area contributed by atoms with Gasteiger partial charge in [0.15, 0.2) is 5.78 Å². The van der Waals surface area contributed by atoms with Gasteiger partial charge < -0.3 is 4.90 Å². The second kappa shape index (κ2) is 13.8. The van der Waals surface area contributed by atoms with Crippen molar-refractivity contribution in [1.82, 2.24) is 9.21 Å². The molecule has 1 heterocycles. The number of carbonyl (C=O) groups is 1. The molecule has 1 aliphatic rings. The van der Waals surface area contributed by atoms with E-state index < -0.39 is 33.0 Å². The Balaban J connectivity index is 1.79. The van der Waals surface area contributed by atoms with Gasteiger partial charge in [-0.1, -0.05) is 48.3 Å². The number of likely N-dealkylation sites (tertiary alicyclic amines) is 1. The maximum atomic E-state index is 14.1. The SMILES string of the molecule is CCN(C1CCN(CCC(C)(C(=O)/C(C)=C/Cc2ccc(C(F)(F)F)c(F)c2)c2ccc(Cl)c(Cl)c2)CC1)S(C)(=O)=O. The van der Waals surface area contributed by atoms with Gasteiger partial charge in [0.05, 0.1) is 27.3 Å². The minimum Gasteiger partial charge on any atom is -0.303 e. The van der Waals surface area contributed by atoms with Gasteiger partial charge in [-0.15, -0.1) is 0 Å². The maximum Gasteiger partial charge on any atom is 0.419 e. The lowest BCUT2D eigenvalue weighted by Gasteiger charge is -2.38. The van der Waals surface area contributed by atoms with E-state index in [-0.39, 0.29) is 18.2 Å². The fourth-order valence-corrected chi connectivity index (χ4v) is 7.04. The zero-order valence-corrected chi connectivity index (χ0v) is 26.4. The summed E-state index contributed by atoms with van der Waals surface area (Å²) in [5.74, 6) is -1.56. The Morgan fingerprint density at radius 1 is 1.10 bits per heavy atom. The van der Waals surface area contributed by atoms with E-state index in [0.29, 0.717) is 78.3 Å². The Kier molecular flexibility index (Phi) is 11.3. The van der Waals surface area contributed by atoms with Crippen molar-refractivity contribution < 1.29 is 30.8 Å². The molecule has 1 atom stereocenters. The summed E-state index contributed by atoms with van der Waals surface area (Å²) in [6, 6.07) is 7.72. The van der Waals surface area contributed by atoms with Crippen LogP contribution in [0.25, 0.3) is 0 Å². The van der Waals surface area contributed by atoms with Crippen molar-refractivity contribution >= 4 is 39.0 Å². The number of alkyl halides is 3. The molecule has 1 fully saturated rings. The lowest BCUT2D eigenvalue weighted by atomic mass is 9.73. The summed E-state index contributed by atoms with van der Waals surface area (Å²) >= 11 is 12.5. The van der Waals surface area contributed by atoms with Gasteiger partial charge in [0.1, 0.15) is 5.82 Å². The van der Waals surface area contributed by atoms with Crippen LogP contribution in [0.15, 0.2) is 48.0 Å². The Morgan fingerprint density at radius 2 is 1.74 bits per heavy atom. The molecule has 0 N–H and O–H groups in total. The molecule has 1 unspecified atom stereocenters. The van der Waals surface area contributed by atoms with Crippen LogP contribution in [-0.4, -0.2) is 61.9 Å². The van der Waals surface area contributed by atoms with Crippen molar-refractivity contribution in [1.29, 1.82) is 0 Å². The smallest absolute Gasteiger partial charge is 0.303 e. The summed E-state index contributed by atoms with van der Waals surface area (Å²) in [6.45, 7) is 7.61. The molecule has 0 aromatic heterocycles. The number of rotatable bonds is 11. The molecule has 0 aliphatic carbocycles. The normalized spacial score (nSPS) is 17.5. The predicted molar refractivity (Wildman–Crippen MR) is 159 cm³/mol. The van der Waals surface area contributed by atoms with Crippen molar-refractivity contribution in [2.75, 3.05) is 32.4 Å². The van der Waals surface area contributed by atoms with Crippen LogP contribution >= 0.6 is 23.2 Å². The second-order valence-electron chi connectivity index (χ2n) is 11.0. The van der Waals surface area contributed by atoms with Gasteiger partial charge in [-0.05, 0) is 100 Å². The van der Waals surface area contributed by atoms with E-state index >= 15 is 0 Å². The second-order valence-corrected chi connectivity index (χ2v) is 13.7. The minimum absolute atomic E-state index is 0.0652. The first-order valence-corrected chi connectivity index (χ1v) is 16.3. The number of ketones is 1. The summed E-state index contributed by atoms with van der Waals surface area (Å²) < 4.78 is 78.7. The molecule has 1 aliphatic heterocycles. The zero-order valence-electron chi connectivity index (χ0n) is 24.1. The van der Waals surface area contributed by atoms with E-state index in [0.717, 1.165) is 6.07 Å². The van der Waals surface area contributed by atoms with Crippen LogP contribution in [0.4, 0.5) is 17.6 Å². The van der Waals surface area contributed by atoms with E-state index in [9.17, 15) is 30.8 Å². The molecule has 2 aromatic rings. The third-order valence-electron chi connectivity index (χ3n) is 8.03. The number of nitrogens with zero attached hydrogens (tertiary/aromatic N) is 2. The van der Waals surface area contributed by atoms with Crippen LogP contribution in [0.1, 0.15) is 56.7 Å². The van der Waals surface area contributed by atoms with Gasteiger partial charge >= 0.3 is 6.18 Å². The monoisotopic (exact) mass is 650 g/mol. The number of allylic oxidation sites excluding steroid dienone is 2. The molecule has 1 saturated heterocycles. The number of benzene rings is 2. The Bertz CT molecular complexity index is 1420. The molecule has 0 bridgehead atoms. The largest absolute Gasteiger partial charge is 0.419 e. The number of hydrogen-bond donors (Lipinski definition) is 0. The molecule has 0 amide bonds. The van der Waals surface area contributed by atoms with E-state index in [1.165, 1.54) is 16.6 Å². The van der Waals surface area contributed by atoms with Gasteiger partial charge in [-0.3, -0.25) is 4.79 Å². The fraction of sp³-hybridized carbons (Fsp3) is 0.500. The Labute approximate surface area is 255 Å². The quantitative estimate of drug-likeness (QED) is 0.189. The lowest BCUT2D eigenvalue weighted by molar-refractivity contribution is -0.140. The van der Waals surface area contributed by atoms with Crippen LogP contribution in [-0.2, 0) is 32.8 Å². The number of Topliss-reactive ketones (excluding diaryl/α,β-unsaturated/α-hetero) is 1. The van der Waals surface area contributed by atoms with E-state index in [2.05, 4.69) is 4.90 Å². The van der Waals surface area contributed by atoms with Gasteiger partial charge in [0.2, 0.25) is 10.0 Å². The third-order valence-corrected chi connectivity index (χ3v) is 10.2. The van der Waals surface area contributed by atoms with Crippen molar-refractivity contribution in [2.24, 2.45) is 0 Å². The first-order valence-electron chi connectivity index (χ1n) is 13.7. The molecule has 42 heavy (non-hydrogen) atoms. The highest BCUT2D eigenvalue weighted by Gasteiger charge is 2.38. The van der Waals surface area contributed by atoms with Gasteiger partial charge in [-0.25, -0.2) is 12.8 Å². The van der Waals surface area contributed by atoms with Crippen molar-refractivity contribution in [3.8, 4) is 0 Å². The molecule has 2 aromatic carbocycles. The number of halogens is 6. The maximum absolute atomic E-state index is 14.1. The first kappa shape index (κ1) is 34.5. The number of sulfonamides is 1. The Morgan fingerprint density at radius 3 is 2.26 bits per heavy atom. The average Bonchev–Trinajstić information content (AvgIpc) is 2.91. The summed E-state index contributed by atoms with van der Waals surface area (Å²) in [7, 11) is -3.30. The van der Waals surface area contributed by atoms with Crippen molar-refractivity contribution in [3.63, 3.8) is 0 Å². The topological polar surface area (TPSA) is 57.7 Å². The van der Waals surface area contributed by atoms with Gasteiger partial charge in [0, 0.05) is 12.6 Å². The van der Waals surface area contributed by atoms with Crippen LogP contribution in [0, 0.1) is 5.82 Å². The molecule has 232 valence electrons. The molecule has 12 heteroatoms. The number of piperidine rings is 1. The minimum atomic E-state index is -4.79. The summed E-state index contributed by atoms with van der Waals surface area (Å²) in [4.78, 5) is 16.1. The van der Waals surface area contributed by atoms with Crippen LogP contribution < -0.4 is 0 Å². The molecular weight excluding hydrogens is 615 g/mol. The van der Waals surface area contributed by atoms with E-state index in [1.807, 2.05) is 13.8 Å². The zero-order chi connectivity index (χ0) is 31.5. The average molecular weight is 652 g/mol. The van der Waals surface area contributed by atoms with Crippen LogP contribution in [0.3, 0.4) is 0 Å². The molecular formula is C30H36Cl2F4N2O3S. The fourth-order valence-electron chi connectivity index (χ4n) is 5.52. The molecule has 0 spiro atoms. The molecule has 3 rings (SSSR count). The highest BCUT2D eigenvalue weighted by Crippen LogP contribution is 2.36.